The summed E-state index contributed by atoms with van der Waals surface area (Å²) < 4.78 is 12.3. The molecule has 0 aromatic carbocycles. The molecular weight excluding hydrogens is 103 g/mol. The summed E-state index contributed by atoms with van der Waals surface area (Å²) in [5.41, 5.74) is 0. The molecule has 2 atom stereocenters. The zero-order valence-electron chi connectivity index (χ0n) is 5.10. The Hall–Kier alpha value is -0.330. The molecule has 0 nitrogen and oxygen atoms in total. The number of halogens is 1. The summed E-state index contributed by atoms with van der Waals surface area (Å²) in [7, 11) is 0. The van der Waals surface area contributed by atoms with Gasteiger partial charge in [-0.2, -0.15) is 0 Å². The van der Waals surface area contributed by atoms with E-state index in [1.807, 2.05) is 6.08 Å². The fourth-order valence-electron chi connectivity index (χ4n) is 0.925. The van der Waals surface area contributed by atoms with Gasteiger partial charge in [0.1, 0.15) is 6.17 Å². The molecular formula is C7H11F. The van der Waals surface area contributed by atoms with E-state index in [1.54, 1.807) is 6.08 Å². The first-order valence-corrected chi connectivity index (χ1v) is 3.11. The normalized spacial score (nSPS) is 37.8. The Morgan fingerprint density at radius 2 is 2.12 bits per heavy atom. The number of hydrogen-bond acceptors (Lipinski definition) is 0. The van der Waals surface area contributed by atoms with Gasteiger partial charge in [0.25, 0.3) is 0 Å². The highest BCUT2D eigenvalue weighted by Crippen LogP contribution is 2.18. The van der Waals surface area contributed by atoms with Crippen molar-refractivity contribution < 1.29 is 4.39 Å². The lowest BCUT2D eigenvalue weighted by Gasteiger charge is -2.12. The van der Waals surface area contributed by atoms with Gasteiger partial charge in [0, 0.05) is 0 Å². The molecule has 0 heterocycles. The minimum Gasteiger partial charge on any atom is -0.243 e. The Morgan fingerprint density at radius 3 is 2.50 bits per heavy atom. The summed E-state index contributed by atoms with van der Waals surface area (Å²) >= 11 is 0. The second kappa shape index (κ2) is 2.29. The molecule has 0 amide bonds. The molecule has 1 rings (SSSR count). The molecule has 0 saturated heterocycles. The van der Waals surface area contributed by atoms with Crippen LogP contribution in [0.5, 0.6) is 0 Å². The molecule has 1 heteroatoms. The molecule has 0 N–H and O–H groups in total. The second-order valence-corrected chi connectivity index (χ2v) is 2.46. The van der Waals surface area contributed by atoms with E-state index < -0.39 is 6.17 Å². The third-order valence-corrected chi connectivity index (χ3v) is 1.55. The minimum atomic E-state index is -0.661. The Morgan fingerprint density at radius 1 is 1.38 bits per heavy atom. The van der Waals surface area contributed by atoms with Gasteiger partial charge in [-0.15, -0.1) is 0 Å². The molecule has 46 valence electrons. The summed E-state index contributed by atoms with van der Waals surface area (Å²) in [6.07, 6.45) is 4.68. The standard InChI is InChI=1S/C7H11F/c1-6-2-4-7(8)5-3-6/h2,4,6-7H,3,5H2,1H3/t6?,7-/m1/s1. The lowest BCUT2D eigenvalue weighted by atomic mass is 9.97. The highest BCUT2D eigenvalue weighted by atomic mass is 19.1. The van der Waals surface area contributed by atoms with Crippen LogP contribution in [0, 0.1) is 5.92 Å². The van der Waals surface area contributed by atoms with Crippen LogP contribution in [0.2, 0.25) is 0 Å². The predicted molar refractivity (Wildman–Crippen MR) is 32.4 cm³/mol. The lowest BCUT2D eigenvalue weighted by molar-refractivity contribution is 0.341. The van der Waals surface area contributed by atoms with Crippen molar-refractivity contribution in [1.29, 1.82) is 0 Å². The Balaban J connectivity index is 2.42. The Labute approximate surface area is 49.4 Å². The third-order valence-electron chi connectivity index (χ3n) is 1.55. The number of allylic oxidation sites excluding steroid dienone is 2. The van der Waals surface area contributed by atoms with Crippen LogP contribution in [0.3, 0.4) is 0 Å². The van der Waals surface area contributed by atoms with Gasteiger partial charge in [-0.1, -0.05) is 19.1 Å². The van der Waals surface area contributed by atoms with Crippen molar-refractivity contribution in [3.8, 4) is 0 Å². The fourth-order valence-corrected chi connectivity index (χ4v) is 0.925. The van der Waals surface area contributed by atoms with E-state index in [2.05, 4.69) is 6.92 Å². The van der Waals surface area contributed by atoms with Crippen LogP contribution in [0.15, 0.2) is 12.2 Å². The van der Waals surface area contributed by atoms with Crippen LogP contribution in [0.4, 0.5) is 4.39 Å². The average molecular weight is 114 g/mol. The third kappa shape index (κ3) is 1.32. The largest absolute Gasteiger partial charge is 0.243 e. The van der Waals surface area contributed by atoms with Gasteiger partial charge in [0.15, 0.2) is 0 Å². The zero-order chi connectivity index (χ0) is 5.98. The molecule has 0 bridgehead atoms. The first-order valence-electron chi connectivity index (χ1n) is 3.11. The minimum absolute atomic E-state index is 0.599. The molecule has 0 fully saturated rings. The van der Waals surface area contributed by atoms with Gasteiger partial charge in [-0.25, -0.2) is 4.39 Å². The number of alkyl halides is 1. The van der Waals surface area contributed by atoms with Crippen LogP contribution >= 0.6 is 0 Å². The summed E-state index contributed by atoms with van der Waals surface area (Å²) in [6, 6.07) is 0. The fraction of sp³-hybridized carbons (Fsp3) is 0.714. The van der Waals surface area contributed by atoms with E-state index in [-0.39, 0.29) is 0 Å². The lowest BCUT2D eigenvalue weighted by Crippen LogP contribution is -2.05. The maximum Gasteiger partial charge on any atom is 0.118 e. The van der Waals surface area contributed by atoms with Crippen LogP contribution in [-0.4, -0.2) is 6.17 Å². The summed E-state index contributed by atoms with van der Waals surface area (Å²) in [5.74, 6) is 0.599. The van der Waals surface area contributed by atoms with Gasteiger partial charge in [-0.3, -0.25) is 0 Å². The maximum absolute atomic E-state index is 12.3. The Bertz CT molecular complexity index is 84.6. The summed E-state index contributed by atoms with van der Waals surface area (Å²) in [5, 5.41) is 0. The van der Waals surface area contributed by atoms with E-state index >= 15 is 0 Å². The maximum atomic E-state index is 12.3. The zero-order valence-corrected chi connectivity index (χ0v) is 5.10. The molecule has 8 heavy (non-hydrogen) atoms. The molecule has 1 unspecified atom stereocenters. The molecule has 0 saturated carbocycles. The van der Waals surface area contributed by atoms with E-state index in [0.29, 0.717) is 5.92 Å². The first-order chi connectivity index (χ1) is 3.79. The highest BCUT2D eigenvalue weighted by Gasteiger charge is 2.09. The number of rotatable bonds is 0. The molecule has 0 spiro atoms. The van der Waals surface area contributed by atoms with Crippen molar-refractivity contribution in [3.05, 3.63) is 12.2 Å². The van der Waals surface area contributed by atoms with Gasteiger partial charge < -0.3 is 0 Å². The SMILES string of the molecule is CC1C=C[C@@H](F)CC1. The van der Waals surface area contributed by atoms with E-state index in [4.69, 9.17) is 0 Å². The van der Waals surface area contributed by atoms with Gasteiger partial charge in [0.05, 0.1) is 0 Å². The van der Waals surface area contributed by atoms with Crippen LogP contribution in [0.1, 0.15) is 19.8 Å². The van der Waals surface area contributed by atoms with Crippen molar-refractivity contribution in [3.63, 3.8) is 0 Å². The van der Waals surface area contributed by atoms with Crippen molar-refractivity contribution in [1.82, 2.24) is 0 Å². The molecule has 0 aromatic heterocycles. The molecule has 0 aliphatic heterocycles. The average Bonchev–Trinajstić information content (AvgIpc) is 1.77. The van der Waals surface area contributed by atoms with Crippen molar-refractivity contribution in [2.45, 2.75) is 25.9 Å². The quantitative estimate of drug-likeness (QED) is 0.424. The first kappa shape index (κ1) is 5.80. The molecule has 1 aliphatic carbocycles. The van der Waals surface area contributed by atoms with E-state index in [0.717, 1.165) is 12.8 Å². The van der Waals surface area contributed by atoms with Gasteiger partial charge >= 0.3 is 0 Å². The van der Waals surface area contributed by atoms with E-state index in [9.17, 15) is 4.39 Å². The smallest absolute Gasteiger partial charge is 0.118 e. The van der Waals surface area contributed by atoms with Crippen LogP contribution in [-0.2, 0) is 0 Å². The highest BCUT2D eigenvalue weighted by molar-refractivity contribution is 4.96. The monoisotopic (exact) mass is 114 g/mol. The predicted octanol–water partition coefficient (Wildman–Crippen LogP) is 2.31. The number of hydrogen-bond donors (Lipinski definition) is 0. The van der Waals surface area contributed by atoms with Crippen LogP contribution in [0.25, 0.3) is 0 Å². The van der Waals surface area contributed by atoms with E-state index in [1.165, 1.54) is 0 Å². The van der Waals surface area contributed by atoms with Crippen molar-refractivity contribution in [2.24, 2.45) is 5.92 Å². The van der Waals surface area contributed by atoms with Gasteiger partial charge in [0.2, 0.25) is 0 Å². The second-order valence-electron chi connectivity index (χ2n) is 2.46. The summed E-state index contributed by atoms with van der Waals surface area (Å²) in [6.45, 7) is 2.11. The van der Waals surface area contributed by atoms with Gasteiger partial charge in [-0.05, 0) is 18.8 Å². The van der Waals surface area contributed by atoms with Crippen molar-refractivity contribution >= 4 is 0 Å². The molecule has 0 aromatic rings. The molecule has 1 aliphatic rings. The van der Waals surface area contributed by atoms with Crippen LogP contribution < -0.4 is 0 Å². The van der Waals surface area contributed by atoms with Crippen molar-refractivity contribution in [2.75, 3.05) is 0 Å². The Kier molecular flexibility index (Phi) is 1.66. The summed E-state index contributed by atoms with van der Waals surface area (Å²) in [4.78, 5) is 0. The topological polar surface area (TPSA) is 0 Å². The molecule has 0 radical (unpaired) electrons.